The summed E-state index contributed by atoms with van der Waals surface area (Å²) in [6, 6.07) is 3.37. The second-order valence-electron chi connectivity index (χ2n) is 4.94. The molecule has 1 heterocycles. The first-order chi connectivity index (χ1) is 8.95. The lowest BCUT2D eigenvalue weighted by atomic mass is 10.2. The molecule has 1 rings (SSSR count). The molecule has 5 nitrogen and oxygen atoms in total. The van der Waals surface area contributed by atoms with Crippen LogP contribution < -0.4 is 4.90 Å². The summed E-state index contributed by atoms with van der Waals surface area (Å²) in [5, 5.41) is 9.01. The van der Waals surface area contributed by atoms with E-state index >= 15 is 0 Å². The maximum absolute atomic E-state index is 11.0. The number of aryl methyl sites for hydroxylation is 1. The monoisotopic (exact) mass is 266 g/mol. The van der Waals surface area contributed by atoms with E-state index < -0.39 is 5.97 Å². The van der Waals surface area contributed by atoms with Gasteiger partial charge in [-0.05, 0) is 25.0 Å². The van der Waals surface area contributed by atoms with Gasteiger partial charge >= 0.3 is 5.97 Å². The number of rotatable bonds is 7. The van der Waals surface area contributed by atoms with Crippen molar-refractivity contribution < 1.29 is 14.6 Å². The van der Waals surface area contributed by atoms with Crippen molar-refractivity contribution in [2.45, 2.75) is 20.8 Å². The first kappa shape index (κ1) is 15.4. The van der Waals surface area contributed by atoms with E-state index in [1.54, 1.807) is 26.2 Å². The van der Waals surface area contributed by atoms with Crippen molar-refractivity contribution in [3.63, 3.8) is 0 Å². The highest BCUT2D eigenvalue weighted by atomic mass is 16.5. The minimum Gasteiger partial charge on any atom is -0.478 e. The highest BCUT2D eigenvalue weighted by molar-refractivity contribution is 5.89. The van der Waals surface area contributed by atoms with Gasteiger partial charge in [0, 0.05) is 20.2 Å². The van der Waals surface area contributed by atoms with E-state index in [1.165, 1.54) is 0 Å². The van der Waals surface area contributed by atoms with Crippen LogP contribution >= 0.6 is 0 Å². The van der Waals surface area contributed by atoms with E-state index in [4.69, 9.17) is 9.84 Å². The summed E-state index contributed by atoms with van der Waals surface area (Å²) in [5.74, 6) is 0.357. The number of methoxy groups -OCH3 is 1. The van der Waals surface area contributed by atoms with Crippen LogP contribution in [0.15, 0.2) is 12.1 Å². The van der Waals surface area contributed by atoms with Crippen LogP contribution in [0.25, 0.3) is 0 Å². The molecule has 1 N–H and O–H groups in total. The molecule has 0 saturated carbocycles. The van der Waals surface area contributed by atoms with Crippen LogP contribution in [0.3, 0.4) is 0 Å². The van der Waals surface area contributed by atoms with Gasteiger partial charge in [0.25, 0.3) is 0 Å². The zero-order valence-corrected chi connectivity index (χ0v) is 12.0. The summed E-state index contributed by atoms with van der Waals surface area (Å²) in [6.07, 6.45) is 0. The van der Waals surface area contributed by atoms with Crippen LogP contribution in [0.5, 0.6) is 0 Å². The molecule has 0 fully saturated rings. The molecule has 0 aliphatic heterocycles. The number of carboxylic acids is 1. The topological polar surface area (TPSA) is 62.7 Å². The average Bonchev–Trinajstić information content (AvgIpc) is 2.33. The highest BCUT2D eigenvalue weighted by Crippen LogP contribution is 2.16. The van der Waals surface area contributed by atoms with Crippen LogP contribution in [-0.4, -0.2) is 42.9 Å². The molecule has 0 unspecified atom stereocenters. The van der Waals surface area contributed by atoms with Gasteiger partial charge in [-0.1, -0.05) is 13.8 Å². The van der Waals surface area contributed by atoms with E-state index in [2.05, 4.69) is 23.7 Å². The Morgan fingerprint density at radius 3 is 2.63 bits per heavy atom. The number of carboxylic acid groups (broad SMARTS) is 1. The average molecular weight is 266 g/mol. The second-order valence-corrected chi connectivity index (χ2v) is 4.94. The van der Waals surface area contributed by atoms with Crippen LogP contribution in [0.4, 0.5) is 5.82 Å². The van der Waals surface area contributed by atoms with E-state index in [1.807, 2.05) is 0 Å². The summed E-state index contributed by atoms with van der Waals surface area (Å²) in [4.78, 5) is 17.5. The van der Waals surface area contributed by atoms with Crippen molar-refractivity contribution in [2.75, 3.05) is 31.7 Å². The summed E-state index contributed by atoms with van der Waals surface area (Å²) in [7, 11) is 1.67. The van der Waals surface area contributed by atoms with Crippen molar-refractivity contribution in [2.24, 2.45) is 5.92 Å². The Balaban J connectivity index is 2.95. The minimum atomic E-state index is -0.941. The standard InChI is InChI=1S/C14H22N2O3/c1-10(2)9-16(7-8-19-4)13-6-5-12(14(17)18)11(3)15-13/h5-6,10H,7-9H2,1-4H3,(H,17,18). The third-order valence-electron chi connectivity index (χ3n) is 2.78. The SMILES string of the molecule is COCCN(CC(C)C)c1ccc(C(=O)O)c(C)n1. The molecule has 0 saturated heterocycles. The summed E-state index contributed by atoms with van der Waals surface area (Å²) in [5.41, 5.74) is 0.788. The molecule has 0 aliphatic rings. The van der Waals surface area contributed by atoms with Gasteiger partial charge in [-0.25, -0.2) is 9.78 Å². The van der Waals surface area contributed by atoms with Gasteiger partial charge in [0.2, 0.25) is 0 Å². The zero-order chi connectivity index (χ0) is 14.4. The number of ether oxygens (including phenoxy) is 1. The molecule has 0 bridgehead atoms. The number of aromatic carboxylic acids is 1. The Kier molecular flexibility index (Phi) is 5.76. The lowest BCUT2D eigenvalue weighted by Crippen LogP contribution is -2.32. The Morgan fingerprint density at radius 2 is 2.16 bits per heavy atom. The molecule has 0 atom stereocenters. The number of aromatic nitrogens is 1. The summed E-state index contributed by atoms with van der Waals surface area (Å²) >= 11 is 0. The minimum absolute atomic E-state index is 0.250. The summed E-state index contributed by atoms with van der Waals surface area (Å²) in [6.45, 7) is 8.22. The predicted molar refractivity (Wildman–Crippen MR) is 74.9 cm³/mol. The van der Waals surface area contributed by atoms with Gasteiger partial charge in [0.15, 0.2) is 0 Å². The molecular formula is C14H22N2O3. The number of hydrogen-bond acceptors (Lipinski definition) is 4. The lowest BCUT2D eigenvalue weighted by Gasteiger charge is -2.25. The molecule has 106 valence electrons. The van der Waals surface area contributed by atoms with E-state index in [0.29, 0.717) is 18.2 Å². The van der Waals surface area contributed by atoms with Crippen LogP contribution in [0.1, 0.15) is 29.9 Å². The van der Waals surface area contributed by atoms with E-state index in [-0.39, 0.29) is 5.56 Å². The number of carbonyl (C=O) groups is 1. The van der Waals surface area contributed by atoms with Gasteiger partial charge in [-0.15, -0.1) is 0 Å². The fourth-order valence-electron chi connectivity index (χ4n) is 1.89. The van der Waals surface area contributed by atoms with Crippen molar-refractivity contribution >= 4 is 11.8 Å². The Morgan fingerprint density at radius 1 is 1.47 bits per heavy atom. The number of pyridine rings is 1. The fraction of sp³-hybridized carbons (Fsp3) is 0.571. The molecule has 0 amide bonds. The summed E-state index contributed by atoms with van der Waals surface area (Å²) < 4.78 is 5.10. The molecule has 1 aromatic rings. The van der Waals surface area contributed by atoms with Crippen molar-refractivity contribution in [3.05, 3.63) is 23.4 Å². The first-order valence-electron chi connectivity index (χ1n) is 6.40. The Labute approximate surface area is 114 Å². The van der Waals surface area contributed by atoms with Gasteiger partial charge in [0.05, 0.1) is 17.9 Å². The Hall–Kier alpha value is -1.62. The molecular weight excluding hydrogens is 244 g/mol. The fourth-order valence-corrected chi connectivity index (χ4v) is 1.89. The normalized spacial score (nSPS) is 10.8. The number of anilines is 1. The van der Waals surface area contributed by atoms with E-state index in [9.17, 15) is 4.79 Å². The first-order valence-corrected chi connectivity index (χ1v) is 6.40. The highest BCUT2D eigenvalue weighted by Gasteiger charge is 2.13. The maximum atomic E-state index is 11.0. The molecule has 0 radical (unpaired) electrons. The molecule has 0 aliphatic carbocycles. The predicted octanol–water partition coefficient (Wildman–Crippen LogP) is 2.20. The second kappa shape index (κ2) is 7.09. The van der Waals surface area contributed by atoms with Crippen LogP contribution in [0.2, 0.25) is 0 Å². The number of hydrogen-bond donors (Lipinski definition) is 1. The Bertz CT molecular complexity index is 433. The third-order valence-corrected chi connectivity index (χ3v) is 2.78. The van der Waals surface area contributed by atoms with E-state index in [0.717, 1.165) is 18.9 Å². The van der Waals surface area contributed by atoms with Gasteiger partial charge < -0.3 is 14.7 Å². The molecule has 1 aromatic heterocycles. The largest absolute Gasteiger partial charge is 0.478 e. The molecule has 0 aromatic carbocycles. The smallest absolute Gasteiger partial charge is 0.337 e. The third kappa shape index (κ3) is 4.52. The van der Waals surface area contributed by atoms with Gasteiger partial charge in [-0.3, -0.25) is 0 Å². The maximum Gasteiger partial charge on any atom is 0.337 e. The van der Waals surface area contributed by atoms with Crippen molar-refractivity contribution in [1.82, 2.24) is 4.98 Å². The van der Waals surface area contributed by atoms with Crippen molar-refractivity contribution in [1.29, 1.82) is 0 Å². The van der Waals surface area contributed by atoms with Gasteiger partial charge in [0.1, 0.15) is 5.82 Å². The zero-order valence-electron chi connectivity index (χ0n) is 12.0. The van der Waals surface area contributed by atoms with Gasteiger partial charge in [-0.2, -0.15) is 0 Å². The van der Waals surface area contributed by atoms with Crippen LogP contribution in [0, 0.1) is 12.8 Å². The van der Waals surface area contributed by atoms with Crippen molar-refractivity contribution in [3.8, 4) is 0 Å². The lowest BCUT2D eigenvalue weighted by molar-refractivity contribution is 0.0695. The number of nitrogens with zero attached hydrogens (tertiary/aromatic N) is 2. The molecule has 5 heteroatoms. The molecule has 0 spiro atoms. The molecule has 19 heavy (non-hydrogen) atoms. The quantitative estimate of drug-likeness (QED) is 0.819. The van der Waals surface area contributed by atoms with Crippen LogP contribution in [-0.2, 0) is 4.74 Å².